The van der Waals surface area contributed by atoms with Crippen molar-refractivity contribution in [3.63, 3.8) is 0 Å². The molecule has 2 rings (SSSR count). The average molecular weight is 264 g/mol. The number of ether oxygens (including phenoxy) is 3. The predicted octanol–water partition coefficient (Wildman–Crippen LogP) is 3.52. The summed E-state index contributed by atoms with van der Waals surface area (Å²) in [4.78, 5) is 0. The monoisotopic (exact) mass is 264 g/mol. The summed E-state index contributed by atoms with van der Waals surface area (Å²) in [6.45, 7) is 7.30. The van der Waals surface area contributed by atoms with Crippen molar-refractivity contribution >= 4 is 0 Å². The van der Waals surface area contributed by atoms with Crippen molar-refractivity contribution < 1.29 is 14.2 Å². The normalized spacial score (nSPS) is 25.6. The van der Waals surface area contributed by atoms with Crippen LogP contribution in [0.4, 0.5) is 0 Å². The summed E-state index contributed by atoms with van der Waals surface area (Å²) in [5.41, 5.74) is 1.19. The van der Waals surface area contributed by atoms with E-state index in [0.717, 1.165) is 12.8 Å². The Bertz CT molecular complexity index is 375. The first-order valence-corrected chi connectivity index (χ1v) is 7.08. The molecule has 1 aromatic carbocycles. The van der Waals surface area contributed by atoms with Crippen LogP contribution in [0.5, 0.6) is 0 Å². The second kappa shape index (κ2) is 6.51. The van der Waals surface area contributed by atoms with Gasteiger partial charge < -0.3 is 14.2 Å². The van der Waals surface area contributed by atoms with Gasteiger partial charge >= 0.3 is 0 Å². The Morgan fingerprint density at radius 2 is 1.79 bits per heavy atom. The molecule has 19 heavy (non-hydrogen) atoms. The van der Waals surface area contributed by atoms with Crippen molar-refractivity contribution in [2.24, 2.45) is 0 Å². The first-order chi connectivity index (χ1) is 9.11. The van der Waals surface area contributed by atoms with E-state index in [1.54, 1.807) is 0 Å². The molecule has 1 aromatic rings. The third-order valence-electron chi connectivity index (χ3n) is 3.25. The number of hydrogen-bond acceptors (Lipinski definition) is 3. The maximum absolute atomic E-state index is 5.90. The van der Waals surface area contributed by atoms with Crippen molar-refractivity contribution in [1.29, 1.82) is 0 Å². The van der Waals surface area contributed by atoms with Crippen molar-refractivity contribution in [3.05, 3.63) is 35.9 Å². The van der Waals surface area contributed by atoms with Crippen LogP contribution < -0.4 is 0 Å². The van der Waals surface area contributed by atoms with Crippen molar-refractivity contribution in [3.8, 4) is 0 Å². The lowest BCUT2D eigenvalue weighted by Gasteiger charge is -2.16. The summed E-state index contributed by atoms with van der Waals surface area (Å²) in [5, 5.41) is 0. The Labute approximate surface area is 115 Å². The minimum absolute atomic E-state index is 0.0404. The quantitative estimate of drug-likeness (QED) is 0.786. The molecule has 3 heteroatoms. The zero-order valence-electron chi connectivity index (χ0n) is 12.1. The van der Waals surface area contributed by atoms with E-state index in [9.17, 15) is 0 Å². The SMILES string of the molecule is CCC[C@@H]1OC(C)(C)OC1COCc1ccccc1. The fourth-order valence-electron chi connectivity index (χ4n) is 2.45. The Balaban J connectivity index is 1.81. The van der Waals surface area contributed by atoms with Gasteiger partial charge in [0.25, 0.3) is 0 Å². The van der Waals surface area contributed by atoms with Crippen molar-refractivity contribution in [1.82, 2.24) is 0 Å². The molecular formula is C16H24O3. The lowest BCUT2D eigenvalue weighted by atomic mass is 10.1. The van der Waals surface area contributed by atoms with E-state index in [2.05, 4.69) is 19.1 Å². The highest BCUT2D eigenvalue weighted by Gasteiger charge is 2.40. The predicted molar refractivity (Wildman–Crippen MR) is 74.8 cm³/mol. The van der Waals surface area contributed by atoms with Crippen LogP contribution in [0.15, 0.2) is 30.3 Å². The van der Waals surface area contributed by atoms with Gasteiger partial charge in [0.05, 0.1) is 19.3 Å². The fraction of sp³-hybridized carbons (Fsp3) is 0.625. The van der Waals surface area contributed by atoms with Gasteiger partial charge in [0.2, 0.25) is 0 Å². The smallest absolute Gasteiger partial charge is 0.163 e. The number of benzene rings is 1. The Morgan fingerprint density at radius 3 is 2.47 bits per heavy atom. The van der Waals surface area contributed by atoms with Crippen molar-refractivity contribution in [2.75, 3.05) is 6.61 Å². The van der Waals surface area contributed by atoms with Gasteiger partial charge in [0.1, 0.15) is 6.10 Å². The van der Waals surface area contributed by atoms with Crippen LogP contribution in [-0.4, -0.2) is 24.6 Å². The first-order valence-electron chi connectivity index (χ1n) is 7.08. The standard InChI is InChI=1S/C16H24O3/c1-4-8-14-15(19-16(2,3)18-14)12-17-11-13-9-6-5-7-10-13/h5-7,9-10,14-15H,4,8,11-12H2,1-3H3/t14-,15?/m0/s1. The topological polar surface area (TPSA) is 27.7 Å². The van der Waals surface area contributed by atoms with Gasteiger partial charge in [-0.25, -0.2) is 0 Å². The molecule has 0 aromatic heterocycles. The molecule has 3 nitrogen and oxygen atoms in total. The van der Waals surface area contributed by atoms with E-state index in [4.69, 9.17) is 14.2 Å². The van der Waals surface area contributed by atoms with Crippen LogP contribution in [0.25, 0.3) is 0 Å². The van der Waals surface area contributed by atoms with Gasteiger partial charge in [-0.15, -0.1) is 0 Å². The highest BCUT2D eigenvalue weighted by Crippen LogP contribution is 2.30. The molecular weight excluding hydrogens is 240 g/mol. The molecule has 1 heterocycles. The van der Waals surface area contributed by atoms with Crippen LogP contribution in [0.3, 0.4) is 0 Å². The Hall–Kier alpha value is -0.900. The molecule has 1 aliphatic heterocycles. The van der Waals surface area contributed by atoms with Crippen LogP contribution in [-0.2, 0) is 20.8 Å². The van der Waals surface area contributed by atoms with E-state index in [1.807, 2.05) is 32.0 Å². The number of rotatable bonds is 6. The molecule has 2 atom stereocenters. The van der Waals surface area contributed by atoms with Crippen LogP contribution in [0, 0.1) is 0 Å². The molecule has 1 aliphatic rings. The second-order valence-corrected chi connectivity index (χ2v) is 5.50. The molecule has 1 saturated heterocycles. The maximum atomic E-state index is 5.90. The van der Waals surface area contributed by atoms with E-state index >= 15 is 0 Å². The first kappa shape index (κ1) is 14.5. The molecule has 106 valence electrons. The van der Waals surface area contributed by atoms with E-state index in [0.29, 0.717) is 13.2 Å². The fourth-order valence-corrected chi connectivity index (χ4v) is 2.45. The molecule has 0 radical (unpaired) electrons. The molecule has 1 fully saturated rings. The minimum atomic E-state index is -0.486. The molecule has 0 spiro atoms. The summed E-state index contributed by atoms with van der Waals surface area (Å²) in [6.07, 6.45) is 2.30. The summed E-state index contributed by atoms with van der Waals surface area (Å²) in [7, 11) is 0. The molecule has 0 bridgehead atoms. The van der Waals surface area contributed by atoms with Crippen LogP contribution in [0.1, 0.15) is 39.2 Å². The lowest BCUT2D eigenvalue weighted by molar-refractivity contribution is -0.151. The molecule has 0 N–H and O–H groups in total. The summed E-state index contributed by atoms with van der Waals surface area (Å²) in [5.74, 6) is -0.486. The molecule has 0 amide bonds. The van der Waals surface area contributed by atoms with E-state index in [1.165, 1.54) is 5.56 Å². The van der Waals surface area contributed by atoms with Crippen molar-refractivity contribution in [2.45, 2.75) is 58.2 Å². The zero-order valence-corrected chi connectivity index (χ0v) is 12.1. The largest absolute Gasteiger partial charge is 0.374 e. The molecule has 1 unspecified atom stereocenters. The molecule has 0 aliphatic carbocycles. The highest BCUT2D eigenvalue weighted by molar-refractivity contribution is 5.13. The maximum Gasteiger partial charge on any atom is 0.163 e. The van der Waals surface area contributed by atoms with E-state index in [-0.39, 0.29) is 12.2 Å². The van der Waals surface area contributed by atoms with E-state index < -0.39 is 5.79 Å². The van der Waals surface area contributed by atoms with Gasteiger partial charge in [-0.05, 0) is 25.8 Å². The van der Waals surface area contributed by atoms with Gasteiger partial charge in [-0.3, -0.25) is 0 Å². The third-order valence-corrected chi connectivity index (χ3v) is 3.25. The van der Waals surface area contributed by atoms with Gasteiger partial charge in [0, 0.05) is 0 Å². The Morgan fingerprint density at radius 1 is 1.11 bits per heavy atom. The van der Waals surface area contributed by atoms with Crippen LogP contribution >= 0.6 is 0 Å². The summed E-state index contributed by atoms with van der Waals surface area (Å²) < 4.78 is 17.6. The Kier molecular flexibility index (Phi) is 4.97. The van der Waals surface area contributed by atoms with Gasteiger partial charge in [-0.2, -0.15) is 0 Å². The summed E-state index contributed by atoms with van der Waals surface area (Å²) in [6, 6.07) is 10.2. The minimum Gasteiger partial charge on any atom is -0.374 e. The molecule has 0 saturated carbocycles. The number of hydrogen-bond donors (Lipinski definition) is 0. The lowest BCUT2D eigenvalue weighted by Crippen LogP contribution is -2.27. The van der Waals surface area contributed by atoms with Crippen LogP contribution in [0.2, 0.25) is 0 Å². The average Bonchev–Trinajstić information content (AvgIpc) is 2.66. The zero-order chi connectivity index (χ0) is 13.7. The third kappa shape index (κ3) is 4.30. The highest BCUT2D eigenvalue weighted by atomic mass is 16.8. The van der Waals surface area contributed by atoms with Gasteiger partial charge in [-0.1, -0.05) is 43.7 Å². The summed E-state index contributed by atoms with van der Waals surface area (Å²) >= 11 is 0. The second-order valence-electron chi connectivity index (χ2n) is 5.50. The van der Waals surface area contributed by atoms with Gasteiger partial charge in [0.15, 0.2) is 5.79 Å².